The number of carbonyl (C=O) groups is 2. The zero-order valence-corrected chi connectivity index (χ0v) is 13.5. The van der Waals surface area contributed by atoms with Crippen LogP contribution in [0.5, 0.6) is 0 Å². The van der Waals surface area contributed by atoms with Crippen LogP contribution in [0.3, 0.4) is 0 Å². The predicted molar refractivity (Wildman–Crippen MR) is 88.7 cm³/mol. The van der Waals surface area contributed by atoms with Crippen molar-refractivity contribution in [2.75, 3.05) is 0 Å². The Morgan fingerprint density at radius 3 is 2.41 bits per heavy atom. The number of aliphatic carboxylic acids is 1. The van der Waals surface area contributed by atoms with Crippen LogP contribution in [0, 0.1) is 26.0 Å². The molecule has 11 heteroatoms. The van der Waals surface area contributed by atoms with Gasteiger partial charge < -0.3 is 10.4 Å². The van der Waals surface area contributed by atoms with Crippen molar-refractivity contribution < 1.29 is 28.9 Å². The molecule has 0 aliphatic carbocycles. The minimum atomic E-state index is -1.48. The van der Waals surface area contributed by atoms with Crippen molar-refractivity contribution in [2.24, 2.45) is 0 Å². The van der Waals surface area contributed by atoms with Crippen molar-refractivity contribution >= 4 is 23.3 Å². The van der Waals surface area contributed by atoms with E-state index in [-0.39, 0.29) is 23.2 Å². The third kappa shape index (κ3) is 4.81. The molecule has 0 fully saturated rings. The fourth-order valence-corrected chi connectivity index (χ4v) is 2.26. The molecule has 0 saturated heterocycles. The second-order valence-corrected chi connectivity index (χ2v) is 5.42. The molecule has 27 heavy (non-hydrogen) atoms. The molecule has 0 bridgehead atoms. The summed E-state index contributed by atoms with van der Waals surface area (Å²) in [5.41, 5.74) is -1.17. The molecule has 140 valence electrons. The van der Waals surface area contributed by atoms with Crippen molar-refractivity contribution in [3.05, 3.63) is 79.6 Å². The second kappa shape index (κ2) is 7.99. The van der Waals surface area contributed by atoms with Gasteiger partial charge in [-0.3, -0.25) is 25.0 Å². The first-order valence-corrected chi connectivity index (χ1v) is 7.40. The third-order valence-electron chi connectivity index (χ3n) is 3.57. The molecule has 2 aromatic rings. The van der Waals surface area contributed by atoms with E-state index in [1.165, 1.54) is 18.2 Å². The summed E-state index contributed by atoms with van der Waals surface area (Å²) in [4.78, 5) is 43.5. The standard InChI is InChI=1S/C16H12FN3O7/c17-12-5-4-9(7-14(12)20(26)27)6-13(16(22)23)18-15(21)10-2-1-3-11(8-10)19(24)25/h1-5,7-8,13H,6H2,(H,18,21)(H,22,23)/t13-/m1/s1. The quantitative estimate of drug-likeness (QED) is 0.553. The van der Waals surface area contributed by atoms with Crippen LogP contribution >= 0.6 is 0 Å². The SMILES string of the molecule is O=C(N[C@H](Cc1ccc(F)c([N+](=O)[O-])c1)C(=O)O)c1cccc([N+](=O)[O-])c1. The van der Waals surface area contributed by atoms with Gasteiger partial charge in [-0.05, 0) is 17.7 Å². The number of benzene rings is 2. The first-order chi connectivity index (χ1) is 12.7. The van der Waals surface area contributed by atoms with Crippen molar-refractivity contribution in [3.63, 3.8) is 0 Å². The first kappa shape index (κ1) is 19.4. The molecular weight excluding hydrogens is 365 g/mol. The van der Waals surface area contributed by atoms with E-state index in [9.17, 15) is 39.3 Å². The van der Waals surface area contributed by atoms with Crippen molar-refractivity contribution in [1.29, 1.82) is 0 Å². The third-order valence-corrected chi connectivity index (χ3v) is 3.57. The lowest BCUT2D eigenvalue weighted by Crippen LogP contribution is -2.42. The number of nitrogens with zero attached hydrogens (tertiary/aromatic N) is 2. The van der Waals surface area contributed by atoms with Gasteiger partial charge in [0.05, 0.1) is 9.85 Å². The van der Waals surface area contributed by atoms with Crippen LogP contribution in [-0.2, 0) is 11.2 Å². The van der Waals surface area contributed by atoms with Crippen LogP contribution in [0.4, 0.5) is 15.8 Å². The highest BCUT2D eigenvalue weighted by Crippen LogP contribution is 2.20. The molecular formula is C16H12FN3O7. The van der Waals surface area contributed by atoms with Crippen molar-refractivity contribution in [3.8, 4) is 0 Å². The van der Waals surface area contributed by atoms with E-state index in [1.54, 1.807) is 0 Å². The highest BCUT2D eigenvalue weighted by atomic mass is 19.1. The summed E-state index contributed by atoms with van der Waals surface area (Å²) in [5, 5.41) is 33.0. The molecule has 0 aliphatic heterocycles. The minimum absolute atomic E-state index is 0.120. The molecule has 1 atom stereocenters. The summed E-state index contributed by atoms with van der Waals surface area (Å²) >= 11 is 0. The number of carbonyl (C=O) groups excluding carboxylic acids is 1. The predicted octanol–water partition coefficient (Wildman–Crippen LogP) is 2.07. The van der Waals surface area contributed by atoms with Crippen LogP contribution in [-0.4, -0.2) is 32.9 Å². The van der Waals surface area contributed by atoms with Crippen molar-refractivity contribution in [1.82, 2.24) is 5.32 Å². The van der Waals surface area contributed by atoms with Gasteiger partial charge in [-0.15, -0.1) is 0 Å². The maximum Gasteiger partial charge on any atom is 0.326 e. The van der Waals surface area contributed by atoms with Crippen LogP contribution in [0.25, 0.3) is 0 Å². The summed E-state index contributed by atoms with van der Waals surface area (Å²) < 4.78 is 13.4. The number of amides is 1. The number of halogens is 1. The summed E-state index contributed by atoms with van der Waals surface area (Å²) in [5.74, 6) is -3.38. The summed E-state index contributed by atoms with van der Waals surface area (Å²) in [6.45, 7) is 0. The summed E-state index contributed by atoms with van der Waals surface area (Å²) in [6, 6.07) is 6.08. The van der Waals surface area contributed by atoms with Gasteiger partial charge in [-0.2, -0.15) is 4.39 Å². The smallest absolute Gasteiger partial charge is 0.326 e. The van der Waals surface area contributed by atoms with Crippen LogP contribution in [0.15, 0.2) is 42.5 Å². The fourth-order valence-electron chi connectivity index (χ4n) is 2.26. The van der Waals surface area contributed by atoms with Gasteiger partial charge in [0, 0.05) is 30.2 Å². The Hall–Kier alpha value is -3.89. The molecule has 0 spiro atoms. The number of nitrogens with one attached hydrogen (secondary N) is 1. The lowest BCUT2D eigenvalue weighted by Gasteiger charge is -2.14. The highest BCUT2D eigenvalue weighted by Gasteiger charge is 2.24. The maximum atomic E-state index is 13.4. The van der Waals surface area contributed by atoms with Gasteiger partial charge in [-0.25, -0.2) is 4.79 Å². The Balaban J connectivity index is 2.21. The van der Waals surface area contributed by atoms with E-state index in [1.807, 2.05) is 0 Å². The average Bonchev–Trinajstić information content (AvgIpc) is 2.62. The highest BCUT2D eigenvalue weighted by molar-refractivity contribution is 5.97. The Bertz CT molecular complexity index is 932. The number of nitro groups is 2. The summed E-state index contributed by atoms with van der Waals surface area (Å²) in [7, 11) is 0. The zero-order valence-electron chi connectivity index (χ0n) is 13.5. The largest absolute Gasteiger partial charge is 0.480 e. The summed E-state index contributed by atoms with van der Waals surface area (Å²) in [6.07, 6.45) is -0.350. The molecule has 10 nitrogen and oxygen atoms in total. The Kier molecular flexibility index (Phi) is 5.75. The Labute approximate surface area is 150 Å². The molecule has 0 aromatic heterocycles. The zero-order chi connectivity index (χ0) is 20.1. The maximum absolute atomic E-state index is 13.4. The van der Waals surface area contributed by atoms with Crippen LogP contribution < -0.4 is 5.32 Å². The van der Waals surface area contributed by atoms with E-state index in [4.69, 9.17) is 0 Å². The average molecular weight is 377 g/mol. The number of hydrogen-bond donors (Lipinski definition) is 2. The monoisotopic (exact) mass is 377 g/mol. The molecule has 2 N–H and O–H groups in total. The second-order valence-electron chi connectivity index (χ2n) is 5.42. The van der Waals surface area contributed by atoms with E-state index in [2.05, 4.69) is 5.32 Å². The Morgan fingerprint density at radius 1 is 1.11 bits per heavy atom. The van der Waals surface area contributed by atoms with Gasteiger partial charge in [0.2, 0.25) is 5.82 Å². The van der Waals surface area contributed by atoms with Crippen LogP contribution in [0.1, 0.15) is 15.9 Å². The molecule has 2 aromatic carbocycles. The lowest BCUT2D eigenvalue weighted by atomic mass is 10.0. The molecule has 1 amide bonds. The van der Waals surface area contributed by atoms with Gasteiger partial charge in [0.1, 0.15) is 6.04 Å². The van der Waals surface area contributed by atoms with Crippen molar-refractivity contribution in [2.45, 2.75) is 12.5 Å². The van der Waals surface area contributed by atoms with Gasteiger partial charge in [0.15, 0.2) is 0 Å². The number of carboxylic acid groups (broad SMARTS) is 1. The normalized spacial score (nSPS) is 11.4. The Morgan fingerprint density at radius 2 is 1.81 bits per heavy atom. The number of hydrogen-bond acceptors (Lipinski definition) is 6. The van der Waals surface area contributed by atoms with Gasteiger partial charge in [0.25, 0.3) is 11.6 Å². The van der Waals surface area contributed by atoms with Gasteiger partial charge in [-0.1, -0.05) is 12.1 Å². The lowest BCUT2D eigenvalue weighted by molar-refractivity contribution is -0.387. The minimum Gasteiger partial charge on any atom is -0.480 e. The van der Waals surface area contributed by atoms with E-state index in [0.717, 1.165) is 24.3 Å². The molecule has 0 heterocycles. The molecule has 0 unspecified atom stereocenters. The number of non-ortho nitro benzene ring substituents is 1. The van der Waals surface area contributed by atoms with E-state index >= 15 is 0 Å². The molecule has 0 saturated carbocycles. The molecule has 0 radical (unpaired) electrons. The van der Waals surface area contributed by atoms with E-state index < -0.39 is 39.3 Å². The van der Waals surface area contributed by atoms with E-state index in [0.29, 0.717) is 0 Å². The number of nitro benzene ring substituents is 2. The molecule has 2 rings (SSSR count). The topological polar surface area (TPSA) is 153 Å². The van der Waals surface area contributed by atoms with Gasteiger partial charge >= 0.3 is 11.7 Å². The number of rotatable bonds is 7. The fraction of sp³-hybridized carbons (Fsp3) is 0.125. The number of carboxylic acids is 1. The molecule has 0 aliphatic rings. The van der Waals surface area contributed by atoms with Crippen LogP contribution in [0.2, 0.25) is 0 Å². The first-order valence-electron chi connectivity index (χ1n) is 7.40.